The minimum atomic E-state index is -0.299. The predicted molar refractivity (Wildman–Crippen MR) is 81.2 cm³/mol. The third-order valence-corrected chi connectivity index (χ3v) is 3.35. The van der Waals surface area contributed by atoms with Crippen LogP contribution >= 0.6 is 15.9 Å². The Kier molecular flexibility index (Phi) is 6.31. The SMILES string of the molecule is COCc1c(Br)cccc1NC(C)C(=O)NC(C)C. The standard InChI is InChI=1S/C14H21BrN2O2/c1-9(2)16-14(18)10(3)17-13-7-5-6-12(15)11(13)8-19-4/h5-7,9-10,17H,8H2,1-4H3,(H,16,18). The molecule has 0 radical (unpaired) electrons. The van der Waals surface area contributed by atoms with Gasteiger partial charge in [-0.1, -0.05) is 22.0 Å². The van der Waals surface area contributed by atoms with Crippen molar-refractivity contribution < 1.29 is 9.53 Å². The Morgan fingerprint density at radius 2 is 2.05 bits per heavy atom. The molecule has 1 amide bonds. The van der Waals surface area contributed by atoms with Gasteiger partial charge in [-0.05, 0) is 32.9 Å². The first-order valence-corrected chi connectivity index (χ1v) is 7.08. The van der Waals surface area contributed by atoms with Gasteiger partial charge >= 0.3 is 0 Å². The quantitative estimate of drug-likeness (QED) is 0.844. The molecule has 0 saturated heterocycles. The molecule has 5 heteroatoms. The van der Waals surface area contributed by atoms with Crippen molar-refractivity contribution in [2.24, 2.45) is 0 Å². The molecule has 1 aromatic rings. The van der Waals surface area contributed by atoms with E-state index in [0.717, 1.165) is 15.7 Å². The molecule has 0 aliphatic rings. The Balaban J connectivity index is 2.81. The van der Waals surface area contributed by atoms with Crippen LogP contribution in [0.2, 0.25) is 0 Å². The van der Waals surface area contributed by atoms with Crippen molar-refractivity contribution in [3.8, 4) is 0 Å². The van der Waals surface area contributed by atoms with Crippen LogP contribution in [0, 0.1) is 0 Å². The van der Waals surface area contributed by atoms with E-state index in [2.05, 4.69) is 26.6 Å². The van der Waals surface area contributed by atoms with E-state index in [9.17, 15) is 4.79 Å². The summed E-state index contributed by atoms with van der Waals surface area (Å²) < 4.78 is 6.15. The van der Waals surface area contributed by atoms with Crippen molar-refractivity contribution in [1.82, 2.24) is 5.32 Å². The van der Waals surface area contributed by atoms with Gasteiger partial charge in [0.1, 0.15) is 6.04 Å². The van der Waals surface area contributed by atoms with E-state index in [4.69, 9.17) is 4.74 Å². The Labute approximate surface area is 123 Å². The van der Waals surface area contributed by atoms with Crippen LogP contribution in [-0.4, -0.2) is 25.1 Å². The predicted octanol–water partition coefficient (Wildman–Crippen LogP) is 2.92. The fraction of sp³-hybridized carbons (Fsp3) is 0.500. The third-order valence-electron chi connectivity index (χ3n) is 2.60. The van der Waals surface area contributed by atoms with E-state index in [0.29, 0.717) is 6.61 Å². The largest absolute Gasteiger partial charge is 0.380 e. The molecule has 0 heterocycles. The number of benzene rings is 1. The first-order chi connectivity index (χ1) is 8.95. The van der Waals surface area contributed by atoms with Crippen LogP contribution in [0.1, 0.15) is 26.3 Å². The topological polar surface area (TPSA) is 50.4 Å². The van der Waals surface area contributed by atoms with Crippen LogP contribution in [0.5, 0.6) is 0 Å². The summed E-state index contributed by atoms with van der Waals surface area (Å²) in [5, 5.41) is 6.10. The monoisotopic (exact) mass is 328 g/mol. The summed E-state index contributed by atoms with van der Waals surface area (Å²) >= 11 is 3.49. The molecule has 0 aromatic heterocycles. The van der Waals surface area contributed by atoms with Crippen LogP contribution in [0.15, 0.2) is 22.7 Å². The third kappa shape index (κ3) is 4.84. The Morgan fingerprint density at radius 3 is 2.63 bits per heavy atom. The highest BCUT2D eigenvalue weighted by Crippen LogP contribution is 2.26. The Bertz CT molecular complexity index is 435. The molecule has 1 atom stereocenters. The van der Waals surface area contributed by atoms with Gasteiger partial charge in [0.2, 0.25) is 5.91 Å². The zero-order chi connectivity index (χ0) is 14.4. The second kappa shape index (κ2) is 7.50. The van der Waals surface area contributed by atoms with Crippen molar-refractivity contribution in [3.63, 3.8) is 0 Å². The highest BCUT2D eigenvalue weighted by atomic mass is 79.9. The molecule has 0 aliphatic heterocycles. The van der Waals surface area contributed by atoms with Gasteiger partial charge in [0.05, 0.1) is 6.61 Å². The van der Waals surface area contributed by atoms with Crippen LogP contribution in [-0.2, 0) is 16.1 Å². The highest BCUT2D eigenvalue weighted by Gasteiger charge is 2.15. The fourth-order valence-electron chi connectivity index (χ4n) is 1.69. The minimum Gasteiger partial charge on any atom is -0.380 e. The number of hydrogen-bond donors (Lipinski definition) is 2. The number of nitrogens with one attached hydrogen (secondary N) is 2. The maximum Gasteiger partial charge on any atom is 0.242 e. The van der Waals surface area contributed by atoms with Gasteiger partial charge in [0.25, 0.3) is 0 Å². The van der Waals surface area contributed by atoms with Crippen molar-refractivity contribution in [2.45, 2.75) is 39.5 Å². The lowest BCUT2D eigenvalue weighted by atomic mass is 10.1. The molecule has 2 N–H and O–H groups in total. The number of methoxy groups -OCH3 is 1. The summed E-state index contributed by atoms with van der Waals surface area (Å²) in [6.07, 6.45) is 0. The zero-order valence-electron chi connectivity index (χ0n) is 11.8. The molecule has 0 fully saturated rings. The van der Waals surface area contributed by atoms with Gasteiger partial charge in [0, 0.05) is 28.9 Å². The summed E-state index contributed by atoms with van der Waals surface area (Å²) in [6.45, 7) is 6.22. The highest BCUT2D eigenvalue weighted by molar-refractivity contribution is 9.10. The molecule has 0 spiro atoms. The maximum absolute atomic E-state index is 11.9. The fourth-order valence-corrected chi connectivity index (χ4v) is 2.17. The normalized spacial score (nSPS) is 12.3. The van der Waals surface area contributed by atoms with Crippen molar-refractivity contribution in [2.75, 3.05) is 12.4 Å². The first kappa shape index (κ1) is 16.0. The van der Waals surface area contributed by atoms with E-state index in [1.165, 1.54) is 0 Å². The van der Waals surface area contributed by atoms with E-state index < -0.39 is 0 Å². The number of hydrogen-bond acceptors (Lipinski definition) is 3. The second-order valence-corrected chi connectivity index (χ2v) is 5.58. The molecule has 0 bridgehead atoms. The maximum atomic E-state index is 11.9. The number of carbonyl (C=O) groups is 1. The van der Waals surface area contributed by atoms with Crippen LogP contribution in [0.25, 0.3) is 0 Å². The molecule has 0 aliphatic carbocycles. The number of ether oxygens (including phenoxy) is 1. The summed E-state index contributed by atoms with van der Waals surface area (Å²) in [5.74, 6) is -0.0154. The van der Waals surface area contributed by atoms with Crippen molar-refractivity contribution >= 4 is 27.5 Å². The number of anilines is 1. The van der Waals surface area contributed by atoms with E-state index in [-0.39, 0.29) is 18.0 Å². The van der Waals surface area contributed by atoms with Gasteiger partial charge < -0.3 is 15.4 Å². The van der Waals surface area contributed by atoms with Crippen molar-refractivity contribution in [3.05, 3.63) is 28.2 Å². The molecular weight excluding hydrogens is 308 g/mol. The van der Waals surface area contributed by atoms with Gasteiger partial charge in [-0.15, -0.1) is 0 Å². The van der Waals surface area contributed by atoms with Crippen molar-refractivity contribution in [1.29, 1.82) is 0 Å². The summed E-state index contributed by atoms with van der Waals surface area (Å²) in [5.41, 5.74) is 1.91. The van der Waals surface area contributed by atoms with Crippen LogP contribution < -0.4 is 10.6 Å². The Hall–Kier alpha value is -1.07. The molecule has 0 saturated carbocycles. The summed E-state index contributed by atoms with van der Waals surface area (Å²) in [4.78, 5) is 11.9. The number of rotatable bonds is 6. The summed E-state index contributed by atoms with van der Waals surface area (Å²) in [6, 6.07) is 5.67. The number of halogens is 1. The molecule has 1 aromatic carbocycles. The van der Waals surface area contributed by atoms with E-state index >= 15 is 0 Å². The first-order valence-electron chi connectivity index (χ1n) is 6.29. The molecular formula is C14H21BrN2O2. The van der Waals surface area contributed by atoms with Gasteiger partial charge in [-0.25, -0.2) is 0 Å². The molecule has 1 unspecified atom stereocenters. The van der Waals surface area contributed by atoms with E-state index in [1.54, 1.807) is 7.11 Å². The van der Waals surface area contributed by atoms with Crippen LogP contribution in [0.3, 0.4) is 0 Å². The Morgan fingerprint density at radius 1 is 1.37 bits per heavy atom. The minimum absolute atomic E-state index is 0.0154. The summed E-state index contributed by atoms with van der Waals surface area (Å²) in [7, 11) is 1.65. The van der Waals surface area contributed by atoms with Gasteiger partial charge in [-0.3, -0.25) is 4.79 Å². The molecule has 106 valence electrons. The second-order valence-electron chi connectivity index (χ2n) is 4.73. The van der Waals surface area contributed by atoms with E-state index in [1.807, 2.05) is 39.0 Å². The van der Waals surface area contributed by atoms with Gasteiger partial charge in [-0.2, -0.15) is 0 Å². The molecule has 4 nitrogen and oxygen atoms in total. The molecule has 1 rings (SSSR count). The average molecular weight is 329 g/mol. The zero-order valence-corrected chi connectivity index (χ0v) is 13.4. The lowest BCUT2D eigenvalue weighted by molar-refractivity contribution is -0.122. The number of amides is 1. The smallest absolute Gasteiger partial charge is 0.242 e. The lowest BCUT2D eigenvalue weighted by Crippen LogP contribution is -2.41. The van der Waals surface area contributed by atoms with Gasteiger partial charge in [0.15, 0.2) is 0 Å². The average Bonchev–Trinajstić information content (AvgIpc) is 2.32. The lowest BCUT2D eigenvalue weighted by Gasteiger charge is -2.19. The number of carbonyl (C=O) groups excluding carboxylic acids is 1. The van der Waals surface area contributed by atoms with Crippen LogP contribution in [0.4, 0.5) is 5.69 Å². The molecule has 19 heavy (non-hydrogen) atoms.